The molecule has 4 aromatic rings. The minimum atomic E-state index is -1.65. The number of aromatic amines is 2. The third-order valence-electron chi connectivity index (χ3n) is 19.6. The number of amides is 12. The number of imidazole rings is 1. The van der Waals surface area contributed by atoms with Crippen molar-refractivity contribution < 1.29 is 92.7 Å². The predicted molar refractivity (Wildman–Crippen MR) is 421 cm³/mol. The van der Waals surface area contributed by atoms with Gasteiger partial charge >= 0.3 is 11.9 Å². The number of rotatable bonds is 52. The minimum Gasteiger partial charge on any atom is -0.508 e. The summed E-state index contributed by atoms with van der Waals surface area (Å²) in [6, 6.07) is -5.27. The SMILES string of the molecule is CC[C@H](C)[C@H](NC(=O)[C@H](Cc1c[nH]c2ccccc12)NC(=O)[C@H](Cc1c[nH]cn1)NC(=O)[C@@H](NC(=O)[C@@H](NC(=O)[C@H](Cc1ccc(O)cc1)NC(=O)[C@H](CCC(=O)O)NC(=O)[C@@H](N)[C@@H](C)O)[C@@H](C)CC)[C@@H](C)CC)C(=O)N[C@@H](CCCCN)C(=O)N[C@@H](CC(C)C)C(=O)N[C@@H](CCCNC(=N)N)C(=O)N[C@@H](CO)C(=O)NCC(=O)O. The summed E-state index contributed by atoms with van der Waals surface area (Å²) < 4.78 is 0. The number of hydrogen-bond donors (Lipinski definition) is 24. The van der Waals surface area contributed by atoms with E-state index in [1.807, 2.05) is 0 Å². The van der Waals surface area contributed by atoms with E-state index in [2.05, 4.69) is 84.1 Å². The zero-order chi connectivity index (χ0) is 85.8. The topological polar surface area (TPSA) is 643 Å². The molecule has 115 heavy (non-hydrogen) atoms. The number of benzene rings is 2. The van der Waals surface area contributed by atoms with E-state index in [4.69, 9.17) is 27.7 Å². The number of phenolic OH excluding ortho intramolecular Hbond substituents is 1. The van der Waals surface area contributed by atoms with Gasteiger partial charge in [-0.25, -0.2) is 4.98 Å². The molecule has 16 atom stereocenters. The van der Waals surface area contributed by atoms with Crippen LogP contribution < -0.4 is 86.3 Å². The van der Waals surface area contributed by atoms with Crippen LogP contribution in [0.25, 0.3) is 10.9 Å². The number of para-hydroxylation sites is 1. The molecule has 636 valence electrons. The van der Waals surface area contributed by atoms with Crippen LogP contribution in [0.2, 0.25) is 0 Å². The van der Waals surface area contributed by atoms with Crippen molar-refractivity contribution in [3.05, 3.63) is 84.1 Å². The number of aromatic hydroxyl groups is 1. The Morgan fingerprint density at radius 1 is 0.504 bits per heavy atom. The molecule has 0 aliphatic carbocycles. The van der Waals surface area contributed by atoms with Crippen LogP contribution >= 0.6 is 0 Å². The predicted octanol–water partition coefficient (Wildman–Crippen LogP) is -2.70. The molecule has 2 heterocycles. The molecule has 39 heteroatoms. The van der Waals surface area contributed by atoms with E-state index in [0.29, 0.717) is 28.5 Å². The number of hydrogen-bond acceptors (Lipinski definition) is 21. The third-order valence-corrected chi connectivity index (χ3v) is 19.6. The second-order valence-corrected chi connectivity index (χ2v) is 29.2. The first-order valence-corrected chi connectivity index (χ1v) is 38.6. The van der Waals surface area contributed by atoms with Gasteiger partial charge in [-0.1, -0.05) is 105 Å². The monoisotopic (exact) mass is 1610 g/mol. The van der Waals surface area contributed by atoms with Gasteiger partial charge in [-0.15, -0.1) is 0 Å². The zero-order valence-electron chi connectivity index (χ0n) is 66.5. The number of nitrogens with one attached hydrogen (secondary N) is 16. The Labute approximate surface area is 666 Å². The Hall–Kier alpha value is -11.3. The first-order chi connectivity index (χ1) is 54.4. The van der Waals surface area contributed by atoms with Crippen LogP contribution in [0.3, 0.4) is 0 Å². The number of phenols is 1. The quantitative estimate of drug-likeness (QED) is 0.0121. The summed E-state index contributed by atoms with van der Waals surface area (Å²) in [5, 5.41) is 90.8. The van der Waals surface area contributed by atoms with Gasteiger partial charge in [0.15, 0.2) is 5.96 Å². The van der Waals surface area contributed by atoms with Gasteiger partial charge in [0, 0.05) is 55.5 Å². The summed E-state index contributed by atoms with van der Waals surface area (Å²) in [5.41, 5.74) is 19.1. The van der Waals surface area contributed by atoms with Gasteiger partial charge in [-0.3, -0.25) is 72.5 Å². The van der Waals surface area contributed by atoms with Gasteiger partial charge in [-0.2, -0.15) is 0 Å². The summed E-state index contributed by atoms with van der Waals surface area (Å²) >= 11 is 0. The Morgan fingerprint density at radius 2 is 0.957 bits per heavy atom. The normalized spacial score (nSPS) is 15.5. The van der Waals surface area contributed by atoms with Crippen LogP contribution in [-0.4, -0.2) is 234 Å². The highest BCUT2D eigenvalue weighted by atomic mass is 16.4. The molecular formula is C76H118N20O19. The van der Waals surface area contributed by atoms with Crippen LogP contribution in [0.5, 0.6) is 5.75 Å². The summed E-state index contributed by atoms with van der Waals surface area (Å²) in [6.45, 7) is 13.4. The lowest BCUT2D eigenvalue weighted by molar-refractivity contribution is -0.139. The van der Waals surface area contributed by atoms with Gasteiger partial charge in [0.2, 0.25) is 70.9 Å². The molecular weight excluding hydrogens is 1500 g/mol. The highest BCUT2D eigenvalue weighted by molar-refractivity contribution is 6.00. The van der Waals surface area contributed by atoms with Crippen LogP contribution in [0, 0.1) is 29.1 Å². The summed E-state index contributed by atoms with van der Waals surface area (Å²) in [7, 11) is 0. The van der Waals surface area contributed by atoms with E-state index in [9.17, 15) is 68.4 Å². The summed E-state index contributed by atoms with van der Waals surface area (Å²) in [4.78, 5) is 206. The van der Waals surface area contributed by atoms with Crippen molar-refractivity contribution in [1.29, 1.82) is 5.41 Å². The molecule has 0 spiro atoms. The van der Waals surface area contributed by atoms with Crippen LogP contribution in [0.1, 0.15) is 150 Å². The van der Waals surface area contributed by atoms with Crippen LogP contribution in [-0.2, 0) is 86.4 Å². The lowest BCUT2D eigenvalue weighted by atomic mass is 9.94. The number of guanidine groups is 1. The Bertz CT molecular complexity index is 3900. The molecule has 4 rings (SSSR count). The Kier molecular flexibility index (Phi) is 40.7. The number of fused-ring (bicyclic) bond motifs is 1. The van der Waals surface area contributed by atoms with E-state index < -0.39 is 205 Å². The fraction of sp³-hybridized carbons (Fsp3) is 0.579. The number of nitrogens with two attached hydrogens (primary N) is 3. The van der Waals surface area contributed by atoms with Gasteiger partial charge in [0.05, 0.1) is 24.7 Å². The minimum absolute atomic E-state index is 0.0233. The number of unbranched alkanes of at least 4 members (excludes halogenated alkanes) is 1. The molecule has 12 amide bonds. The van der Waals surface area contributed by atoms with E-state index in [1.54, 1.807) is 85.9 Å². The molecule has 0 fully saturated rings. The maximum absolute atomic E-state index is 15.3. The van der Waals surface area contributed by atoms with E-state index in [0.717, 1.165) is 0 Å². The first kappa shape index (κ1) is 96.1. The largest absolute Gasteiger partial charge is 0.508 e. The number of nitrogens with zero attached hydrogens (tertiary/aromatic N) is 1. The average Bonchev–Trinajstić information content (AvgIpc) is 1.81. The number of aliphatic hydroxyl groups excluding tert-OH is 2. The van der Waals surface area contributed by atoms with Gasteiger partial charge in [0.25, 0.3) is 0 Å². The number of carbonyl (C=O) groups is 14. The Balaban J connectivity index is 1.72. The Morgan fingerprint density at radius 3 is 1.46 bits per heavy atom. The van der Waals surface area contributed by atoms with E-state index in [1.165, 1.54) is 43.7 Å². The first-order valence-electron chi connectivity index (χ1n) is 38.6. The molecule has 0 bridgehead atoms. The number of carboxylic acids is 2. The maximum atomic E-state index is 15.3. The van der Waals surface area contributed by atoms with Crippen molar-refractivity contribution in [1.82, 2.24) is 84.1 Å². The molecule has 2 aromatic heterocycles. The van der Waals surface area contributed by atoms with Crippen molar-refractivity contribution in [3.8, 4) is 5.75 Å². The molecule has 2 aromatic carbocycles. The molecule has 0 aliphatic heterocycles. The smallest absolute Gasteiger partial charge is 0.322 e. The van der Waals surface area contributed by atoms with Gasteiger partial charge in [-0.05, 0) is 111 Å². The number of aliphatic hydroxyl groups is 2. The van der Waals surface area contributed by atoms with Crippen molar-refractivity contribution in [2.45, 2.75) is 231 Å². The summed E-state index contributed by atoms with van der Waals surface area (Å²) in [6.07, 6.45) is 2.51. The van der Waals surface area contributed by atoms with Crippen LogP contribution in [0.15, 0.2) is 67.3 Å². The fourth-order valence-corrected chi connectivity index (χ4v) is 12.1. The van der Waals surface area contributed by atoms with Crippen molar-refractivity contribution in [2.24, 2.45) is 40.9 Å². The molecule has 0 aliphatic rings. The van der Waals surface area contributed by atoms with Gasteiger partial charge in [0.1, 0.15) is 84.8 Å². The van der Waals surface area contributed by atoms with Crippen molar-refractivity contribution >= 4 is 99.7 Å². The van der Waals surface area contributed by atoms with E-state index in [-0.39, 0.29) is 107 Å². The number of H-pyrrole nitrogens is 2. The number of aliphatic carboxylic acids is 2. The molecule has 0 unspecified atom stereocenters. The van der Waals surface area contributed by atoms with Crippen LogP contribution in [0.4, 0.5) is 0 Å². The number of aromatic nitrogens is 3. The molecule has 39 nitrogen and oxygen atoms in total. The number of carboxylic acid groups (broad SMARTS) is 2. The van der Waals surface area contributed by atoms with Crippen molar-refractivity contribution in [2.75, 3.05) is 26.2 Å². The third kappa shape index (κ3) is 32.2. The van der Waals surface area contributed by atoms with Gasteiger partial charge < -0.3 is 122 Å². The fourth-order valence-electron chi connectivity index (χ4n) is 12.1. The maximum Gasteiger partial charge on any atom is 0.322 e. The molecule has 0 saturated heterocycles. The number of carbonyl (C=O) groups excluding carboxylic acids is 12. The second-order valence-electron chi connectivity index (χ2n) is 29.2. The molecule has 0 saturated carbocycles. The highest BCUT2D eigenvalue weighted by Crippen LogP contribution is 2.22. The lowest BCUT2D eigenvalue weighted by Gasteiger charge is -2.31. The lowest BCUT2D eigenvalue weighted by Crippen LogP contribution is -2.63. The van der Waals surface area contributed by atoms with E-state index >= 15 is 19.2 Å². The average molecular weight is 1620 g/mol. The zero-order valence-corrected chi connectivity index (χ0v) is 66.5. The summed E-state index contributed by atoms with van der Waals surface area (Å²) in [5.74, 6) is -16.7. The second kappa shape index (κ2) is 48.7. The molecule has 27 N–H and O–H groups in total. The standard InChI is InChI=1S/C76H118N20O19/c1-10-40(6)61(73(113)88-50(20-15-16-28-77)65(105)89-53(30-39(4)5)68(108)86-51(21-17-29-82-76(79)80)66(106)93-57(37-97)64(104)84-36-59(102)103)94-71(111)55(32-45-34-83-49-19-14-13-18-48(45)49)91-69(109)56(33-46-35-81-38-85-46)92-74(114)62(41(7)11-2)96-75(115)63(42(8)12-3)95-70(110)54(31-44-22-24-47(99)25-23-44)90-67(107)52(26-27-58(100)101)87-72(112)60(78)43(9)98/h13-14,18-19,22-25,34-35,38-43,50-57,60-63,83,97-99H,10-12,15-17,20-21,26-33,36-37,77-78H2,1-9H3,(H,81,85)(H,84,104)(H,86,108)(H,87,112)(H,88,113)(H,89,105)(H,90,107)(H,91,109)(H,92,114)(H,93,106)(H,94,111)(H,95,110)(H,96,115)(H,100,101)(H,102,103)(H4,79,80,82)/t40-,41-,42-,43+,50-,51-,52-,53-,54-,55-,56-,57-,60-,61-,62-,63-/m0/s1. The highest BCUT2D eigenvalue weighted by Gasteiger charge is 2.40. The molecule has 0 radical (unpaired) electrons. The van der Waals surface area contributed by atoms with Crippen molar-refractivity contribution in [3.63, 3.8) is 0 Å².